The van der Waals surface area contributed by atoms with Crippen LogP contribution in [-0.2, 0) is 0 Å². The lowest BCUT2D eigenvalue weighted by atomic mass is 10.3. The molecule has 2 heterocycles. The summed E-state index contributed by atoms with van der Waals surface area (Å²) in [5.74, 6) is 1.86. The molecular formula is C10H17N5. The van der Waals surface area contributed by atoms with Crippen molar-refractivity contribution in [3.05, 3.63) is 11.9 Å². The first-order valence-corrected chi connectivity index (χ1v) is 5.14. The van der Waals surface area contributed by atoms with Crippen LogP contribution in [-0.4, -0.2) is 48.7 Å². The summed E-state index contributed by atoms with van der Waals surface area (Å²) in [6.07, 6.45) is 1.80. The number of fused-ring (bicyclic) bond motifs is 1. The minimum Gasteiger partial charge on any atom is -0.365 e. The molecule has 5 heteroatoms. The fourth-order valence-electron chi connectivity index (χ4n) is 1.70. The maximum Gasteiger partial charge on any atom is 0.173 e. The van der Waals surface area contributed by atoms with Gasteiger partial charge in [-0.3, -0.25) is 4.90 Å². The van der Waals surface area contributed by atoms with Crippen molar-refractivity contribution in [2.24, 2.45) is 0 Å². The van der Waals surface area contributed by atoms with Gasteiger partial charge in [0.05, 0.1) is 18.6 Å². The van der Waals surface area contributed by atoms with Crippen LogP contribution in [0.5, 0.6) is 0 Å². The summed E-state index contributed by atoms with van der Waals surface area (Å²) >= 11 is 0. The van der Waals surface area contributed by atoms with Crippen molar-refractivity contribution >= 4 is 11.6 Å². The molecule has 0 aliphatic carbocycles. The van der Waals surface area contributed by atoms with Crippen LogP contribution < -0.4 is 10.2 Å². The Hall–Kier alpha value is -1.36. The monoisotopic (exact) mass is 207 g/mol. The molecule has 0 fully saturated rings. The molecule has 0 saturated heterocycles. The number of nitrogens with one attached hydrogen (secondary N) is 1. The Morgan fingerprint density at radius 3 is 3.07 bits per heavy atom. The summed E-state index contributed by atoms with van der Waals surface area (Å²) in [6, 6.07) is 0. The Morgan fingerprint density at radius 1 is 1.53 bits per heavy atom. The Labute approximate surface area is 90.1 Å². The average molecular weight is 207 g/mol. The summed E-state index contributed by atoms with van der Waals surface area (Å²) in [5.41, 5.74) is 0.959. The number of aromatic nitrogens is 2. The molecular weight excluding hydrogens is 190 g/mol. The number of nitrogens with zero attached hydrogens (tertiary/aromatic N) is 4. The van der Waals surface area contributed by atoms with Crippen LogP contribution in [0.2, 0.25) is 0 Å². The molecule has 0 saturated carbocycles. The van der Waals surface area contributed by atoms with Crippen molar-refractivity contribution in [2.75, 3.05) is 44.1 Å². The van der Waals surface area contributed by atoms with E-state index in [1.54, 1.807) is 6.20 Å². The molecule has 5 nitrogen and oxygen atoms in total. The Kier molecular flexibility index (Phi) is 2.73. The maximum absolute atomic E-state index is 4.52. The van der Waals surface area contributed by atoms with Crippen molar-refractivity contribution in [1.29, 1.82) is 0 Å². The summed E-state index contributed by atoms with van der Waals surface area (Å²) < 4.78 is 0. The fraction of sp³-hybridized carbons (Fsp3) is 0.600. The first-order chi connectivity index (χ1) is 7.16. The zero-order valence-electron chi connectivity index (χ0n) is 9.49. The van der Waals surface area contributed by atoms with E-state index < -0.39 is 0 Å². The summed E-state index contributed by atoms with van der Waals surface area (Å²) in [6.45, 7) is 4.75. The molecule has 1 aliphatic rings. The summed E-state index contributed by atoms with van der Waals surface area (Å²) in [7, 11) is 4.12. The van der Waals surface area contributed by atoms with Crippen LogP contribution >= 0.6 is 0 Å². The molecule has 82 valence electrons. The minimum atomic E-state index is 0.882. The van der Waals surface area contributed by atoms with Gasteiger partial charge in [0.25, 0.3) is 0 Å². The molecule has 2 rings (SSSR count). The highest BCUT2D eigenvalue weighted by Gasteiger charge is 2.19. The highest BCUT2D eigenvalue weighted by molar-refractivity contribution is 5.63. The third-order valence-corrected chi connectivity index (χ3v) is 2.30. The second kappa shape index (κ2) is 4.02. The van der Waals surface area contributed by atoms with Gasteiger partial charge in [-0.2, -0.15) is 0 Å². The molecule has 0 aromatic carbocycles. The molecule has 1 aliphatic heterocycles. The van der Waals surface area contributed by atoms with Crippen molar-refractivity contribution < 1.29 is 0 Å². The van der Waals surface area contributed by atoms with Crippen LogP contribution in [0.15, 0.2) is 6.20 Å². The normalized spacial score (nSPS) is 15.1. The van der Waals surface area contributed by atoms with Gasteiger partial charge >= 0.3 is 0 Å². The number of hydrogen-bond acceptors (Lipinski definition) is 5. The van der Waals surface area contributed by atoms with E-state index in [0.717, 1.165) is 37.1 Å². The topological polar surface area (TPSA) is 44.3 Å². The Bertz CT molecular complexity index is 350. The number of aryl methyl sites for hydroxylation is 1. The van der Waals surface area contributed by atoms with Crippen molar-refractivity contribution in [3.63, 3.8) is 0 Å². The van der Waals surface area contributed by atoms with Crippen LogP contribution in [0.4, 0.5) is 11.6 Å². The van der Waals surface area contributed by atoms with Gasteiger partial charge < -0.3 is 10.2 Å². The van der Waals surface area contributed by atoms with Gasteiger partial charge in [-0.05, 0) is 21.0 Å². The van der Waals surface area contributed by atoms with Gasteiger partial charge in [0, 0.05) is 13.1 Å². The average Bonchev–Trinajstić information content (AvgIpc) is 2.18. The smallest absolute Gasteiger partial charge is 0.173 e. The van der Waals surface area contributed by atoms with Gasteiger partial charge in [-0.25, -0.2) is 9.97 Å². The summed E-state index contributed by atoms with van der Waals surface area (Å²) in [5, 5.41) is 3.26. The largest absolute Gasteiger partial charge is 0.365 e. The Morgan fingerprint density at radius 2 is 2.33 bits per heavy atom. The molecule has 1 aromatic rings. The maximum atomic E-state index is 4.52. The van der Waals surface area contributed by atoms with Crippen molar-refractivity contribution in [3.8, 4) is 0 Å². The lowest BCUT2D eigenvalue weighted by Crippen LogP contribution is -2.41. The van der Waals surface area contributed by atoms with Crippen LogP contribution in [0.3, 0.4) is 0 Å². The van der Waals surface area contributed by atoms with E-state index in [9.17, 15) is 0 Å². The second-order valence-electron chi connectivity index (χ2n) is 4.09. The first-order valence-electron chi connectivity index (χ1n) is 5.14. The molecule has 15 heavy (non-hydrogen) atoms. The number of rotatable bonds is 2. The van der Waals surface area contributed by atoms with Crippen LogP contribution in [0, 0.1) is 6.92 Å². The standard InChI is InChI=1S/C10H17N5/c1-8-6-12-9-10(13-8)15(5-4-11-9)7-14(2)3/h6H,4-5,7H2,1-3H3,(H,11,12). The second-order valence-corrected chi connectivity index (χ2v) is 4.09. The van der Waals surface area contributed by atoms with E-state index in [1.165, 1.54) is 0 Å². The van der Waals surface area contributed by atoms with E-state index in [1.807, 2.05) is 6.92 Å². The highest BCUT2D eigenvalue weighted by atomic mass is 15.3. The summed E-state index contributed by atoms with van der Waals surface area (Å²) in [4.78, 5) is 13.2. The van der Waals surface area contributed by atoms with E-state index in [4.69, 9.17) is 0 Å². The van der Waals surface area contributed by atoms with Gasteiger partial charge in [-0.1, -0.05) is 0 Å². The number of anilines is 2. The molecule has 0 spiro atoms. The lowest BCUT2D eigenvalue weighted by Gasteiger charge is -2.32. The molecule has 0 atom stereocenters. The van der Waals surface area contributed by atoms with Gasteiger partial charge in [0.15, 0.2) is 11.6 Å². The van der Waals surface area contributed by atoms with E-state index in [-0.39, 0.29) is 0 Å². The Balaban J connectivity index is 2.28. The quantitative estimate of drug-likeness (QED) is 0.766. The van der Waals surface area contributed by atoms with Crippen LogP contribution in [0.1, 0.15) is 5.69 Å². The minimum absolute atomic E-state index is 0.882. The van der Waals surface area contributed by atoms with E-state index >= 15 is 0 Å². The molecule has 0 bridgehead atoms. The zero-order valence-corrected chi connectivity index (χ0v) is 9.49. The molecule has 1 N–H and O–H groups in total. The molecule has 1 aromatic heterocycles. The SMILES string of the molecule is Cc1cnc2c(n1)N(CN(C)C)CCN2. The number of hydrogen-bond donors (Lipinski definition) is 1. The predicted octanol–water partition coefficient (Wildman–Crippen LogP) is 0.536. The zero-order chi connectivity index (χ0) is 10.8. The van der Waals surface area contributed by atoms with Crippen LogP contribution in [0.25, 0.3) is 0 Å². The first kappa shape index (κ1) is 10.2. The van der Waals surface area contributed by atoms with E-state index in [0.29, 0.717) is 0 Å². The predicted molar refractivity (Wildman–Crippen MR) is 61.2 cm³/mol. The molecule has 0 amide bonds. The van der Waals surface area contributed by atoms with Gasteiger partial charge in [0.2, 0.25) is 0 Å². The molecule has 0 radical (unpaired) electrons. The van der Waals surface area contributed by atoms with E-state index in [2.05, 4.69) is 39.2 Å². The third-order valence-electron chi connectivity index (χ3n) is 2.30. The van der Waals surface area contributed by atoms with Gasteiger partial charge in [-0.15, -0.1) is 0 Å². The lowest BCUT2D eigenvalue weighted by molar-refractivity contribution is 0.400. The van der Waals surface area contributed by atoms with Crippen molar-refractivity contribution in [2.45, 2.75) is 6.92 Å². The highest BCUT2D eigenvalue weighted by Crippen LogP contribution is 2.23. The molecule has 0 unspecified atom stereocenters. The van der Waals surface area contributed by atoms with Crippen molar-refractivity contribution in [1.82, 2.24) is 14.9 Å². The fourth-order valence-corrected chi connectivity index (χ4v) is 1.70. The third kappa shape index (κ3) is 2.18. The van der Waals surface area contributed by atoms with Gasteiger partial charge in [0.1, 0.15) is 0 Å².